The molecule has 0 bridgehead atoms. The molecule has 0 saturated heterocycles. The Kier molecular flexibility index (Phi) is 6.28. The maximum atomic E-state index is 6.78. The Morgan fingerprint density at radius 2 is 1.42 bits per heavy atom. The zero-order chi connectivity index (χ0) is 33.5. The molecule has 0 aliphatic carbocycles. The molecule has 0 saturated carbocycles. The Balaban J connectivity index is 1.27. The number of nitrogens with one attached hydrogen (secondary N) is 1. The minimum absolute atomic E-state index is 0.874. The van der Waals surface area contributed by atoms with E-state index in [0.717, 1.165) is 44.7 Å². The fourth-order valence-electron chi connectivity index (χ4n) is 7.99. The summed E-state index contributed by atoms with van der Waals surface area (Å²) in [6, 6.07) is 50.1. The van der Waals surface area contributed by atoms with E-state index < -0.39 is 0 Å². The third-order valence-corrected chi connectivity index (χ3v) is 10.3. The highest BCUT2D eigenvalue weighted by molar-refractivity contribution is 6.73. The minimum Gasteiger partial charge on any atom is -0.469 e. The predicted octanol–water partition coefficient (Wildman–Crippen LogP) is 10.1. The number of aromatic nitrogens is 1. The highest BCUT2D eigenvalue weighted by Gasteiger charge is 2.32. The van der Waals surface area contributed by atoms with Crippen LogP contribution >= 0.6 is 0 Å². The van der Waals surface area contributed by atoms with Crippen LogP contribution in [0.2, 0.25) is 0 Å². The van der Waals surface area contributed by atoms with E-state index in [1.807, 2.05) is 0 Å². The molecule has 7 aromatic carbocycles. The van der Waals surface area contributed by atoms with Crippen LogP contribution in [-0.4, -0.2) is 25.9 Å². The lowest BCUT2D eigenvalue weighted by Crippen LogP contribution is -2.36. The Morgan fingerprint density at radius 1 is 0.640 bits per heavy atom. The Labute approximate surface area is 291 Å². The van der Waals surface area contributed by atoms with E-state index in [-0.39, 0.29) is 0 Å². The first-order chi connectivity index (χ1) is 24.5. The molecule has 50 heavy (non-hydrogen) atoms. The summed E-state index contributed by atoms with van der Waals surface area (Å²) in [7, 11) is 6.41. The molecule has 0 unspecified atom stereocenters. The van der Waals surface area contributed by atoms with Crippen LogP contribution in [0.1, 0.15) is 5.56 Å². The number of rotatable bonds is 5. The predicted molar refractivity (Wildman–Crippen MR) is 213 cm³/mol. The Hall–Kier alpha value is -6.20. The van der Waals surface area contributed by atoms with E-state index >= 15 is 0 Å². The van der Waals surface area contributed by atoms with Gasteiger partial charge in [-0.2, -0.15) is 0 Å². The van der Waals surface area contributed by atoms with E-state index in [0.29, 0.717) is 0 Å². The third-order valence-electron chi connectivity index (χ3n) is 10.3. The molecule has 1 aliphatic heterocycles. The summed E-state index contributed by atoms with van der Waals surface area (Å²) in [5.74, 6) is 0. The first-order valence-electron chi connectivity index (χ1n) is 17.1. The second-order valence-corrected chi connectivity index (χ2v) is 13.5. The molecule has 5 heteroatoms. The van der Waals surface area contributed by atoms with Crippen molar-refractivity contribution in [3.8, 4) is 27.9 Å². The van der Waals surface area contributed by atoms with Gasteiger partial charge in [0.2, 0.25) is 7.28 Å². The quantitative estimate of drug-likeness (QED) is 0.190. The van der Waals surface area contributed by atoms with Crippen LogP contribution in [0, 0.1) is 6.92 Å². The Bertz CT molecular complexity index is 2790. The monoisotopic (exact) mass is 642 g/mol. The molecule has 10 rings (SSSR count). The van der Waals surface area contributed by atoms with Gasteiger partial charge in [0.25, 0.3) is 0 Å². The van der Waals surface area contributed by atoms with Gasteiger partial charge in [-0.05, 0) is 82.5 Å². The van der Waals surface area contributed by atoms with E-state index in [9.17, 15) is 0 Å². The van der Waals surface area contributed by atoms with Crippen LogP contribution in [-0.2, 0) is 0 Å². The number of para-hydroxylation sites is 1. The van der Waals surface area contributed by atoms with Crippen molar-refractivity contribution in [2.24, 2.45) is 0 Å². The van der Waals surface area contributed by atoms with Crippen molar-refractivity contribution in [3.63, 3.8) is 0 Å². The molecule has 9 aromatic rings. The lowest BCUT2D eigenvalue weighted by molar-refractivity contribution is 0.650. The second kappa shape index (κ2) is 10.9. The van der Waals surface area contributed by atoms with Gasteiger partial charge in [-0.25, -0.2) is 0 Å². The standard InChI is InChI=1S/C45H33BN3O/c1-27-25-36(34-15-9-10-16-38(34)47-31-19-21-32(22-20-31)48(2)3)41-44-40(27)35-23-17-29-13-7-8-14-33(29)42(35)49(44)43-37-26-30(28-11-5-4-6-12-28)18-24-39(37)50-45(43)46-41/h4-26,47H,1-3H3. The number of aryl methyl sites for hydroxylation is 1. The number of hydrogen-bond acceptors (Lipinski definition) is 3. The van der Waals surface area contributed by atoms with E-state index in [1.54, 1.807) is 0 Å². The smallest absolute Gasteiger partial charge is 0.247 e. The fraction of sp³-hybridized carbons (Fsp3) is 0.0667. The van der Waals surface area contributed by atoms with E-state index in [4.69, 9.17) is 4.42 Å². The minimum atomic E-state index is 0.874. The van der Waals surface area contributed by atoms with E-state index in [2.05, 4.69) is 183 Å². The van der Waals surface area contributed by atoms with Crippen LogP contribution < -0.4 is 21.3 Å². The second-order valence-electron chi connectivity index (χ2n) is 13.5. The van der Waals surface area contributed by atoms with Crippen molar-refractivity contribution in [2.45, 2.75) is 6.92 Å². The Morgan fingerprint density at radius 3 is 2.26 bits per heavy atom. The van der Waals surface area contributed by atoms with Gasteiger partial charge in [0.1, 0.15) is 5.58 Å². The van der Waals surface area contributed by atoms with Crippen LogP contribution in [0.3, 0.4) is 0 Å². The van der Waals surface area contributed by atoms with Gasteiger partial charge in [-0.15, -0.1) is 0 Å². The zero-order valence-electron chi connectivity index (χ0n) is 28.2. The topological polar surface area (TPSA) is 33.3 Å². The number of furan rings is 1. The van der Waals surface area contributed by atoms with Gasteiger partial charge >= 0.3 is 0 Å². The average molecular weight is 643 g/mol. The number of fused-ring (bicyclic) bond motifs is 9. The number of nitrogens with zero attached hydrogens (tertiary/aromatic N) is 2. The van der Waals surface area contributed by atoms with Crippen molar-refractivity contribution in [3.05, 3.63) is 145 Å². The van der Waals surface area contributed by atoms with Crippen LogP contribution in [0.4, 0.5) is 17.1 Å². The number of benzene rings is 7. The average Bonchev–Trinajstić information content (AvgIpc) is 3.70. The third kappa shape index (κ3) is 4.26. The molecule has 0 fully saturated rings. The van der Waals surface area contributed by atoms with Crippen LogP contribution in [0.5, 0.6) is 0 Å². The molecule has 3 heterocycles. The van der Waals surface area contributed by atoms with Gasteiger partial charge in [-0.1, -0.05) is 97.1 Å². The first-order valence-corrected chi connectivity index (χ1v) is 17.1. The summed E-state index contributed by atoms with van der Waals surface area (Å²) in [5.41, 5.74) is 15.7. The van der Waals surface area contributed by atoms with E-state index in [1.165, 1.54) is 60.5 Å². The highest BCUT2D eigenvalue weighted by Crippen LogP contribution is 2.43. The van der Waals surface area contributed by atoms with Gasteiger partial charge in [0.15, 0.2) is 0 Å². The highest BCUT2D eigenvalue weighted by atomic mass is 16.3. The molecule has 0 amide bonds. The molecule has 237 valence electrons. The summed E-state index contributed by atoms with van der Waals surface area (Å²) in [5, 5.41) is 9.85. The molecule has 0 atom stereocenters. The molecule has 0 spiro atoms. The van der Waals surface area contributed by atoms with Crippen LogP contribution in [0.15, 0.2) is 144 Å². The van der Waals surface area contributed by atoms with Crippen molar-refractivity contribution in [1.82, 2.24) is 4.57 Å². The normalized spacial score (nSPS) is 12.1. The number of anilines is 3. The molecule has 4 nitrogen and oxygen atoms in total. The molecule has 1 aliphatic rings. The first kappa shape index (κ1) is 28.8. The van der Waals surface area contributed by atoms with Crippen molar-refractivity contribution in [2.75, 3.05) is 24.3 Å². The van der Waals surface area contributed by atoms with Gasteiger partial charge in [0, 0.05) is 63.8 Å². The molecule has 1 radical (unpaired) electrons. The number of hydrogen-bond donors (Lipinski definition) is 1. The largest absolute Gasteiger partial charge is 0.469 e. The van der Waals surface area contributed by atoms with Gasteiger partial charge in [0.05, 0.1) is 16.9 Å². The lowest BCUT2D eigenvalue weighted by atomic mass is 9.62. The van der Waals surface area contributed by atoms with Gasteiger partial charge in [-0.3, -0.25) is 0 Å². The summed E-state index contributed by atoms with van der Waals surface area (Å²) < 4.78 is 9.29. The van der Waals surface area contributed by atoms with Crippen molar-refractivity contribution >= 4 is 79.0 Å². The fourth-order valence-corrected chi connectivity index (χ4v) is 7.99. The molecule has 2 aromatic heterocycles. The zero-order valence-corrected chi connectivity index (χ0v) is 28.2. The van der Waals surface area contributed by atoms with Crippen molar-refractivity contribution in [1.29, 1.82) is 0 Å². The van der Waals surface area contributed by atoms with Crippen molar-refractivity contribution < 1.29 is 4.42 Å². The van der Waals surface area contributed by atoms with Gasteiger partial charge < -0.3 is 19.2 Å². The summed E-state index contributed by atoms with van der Waals surface area (Å²) in [6.07, 6.45) is 0. The summed E-state index contributed by atoms with van der Waals surface area (Å²) in [6.45, 7) is 2.26. The molecular weight excluding hydrogens is 609 g/mol. The molecular formula is C45H33BN3O. The maximum Gasteiger partial charge on any atom is 0.247 e. The summed E-state index contributed by atoms with van der Waals surface area (Å²) in [4.78, 5) is 2.12. The molecule has 1 N–H and O–H groups in total. The summed E-state index contributed by atoms with van der Waals surface area (Å²) >= 11 is 0. The lowest BCUT2D eigenvalue weighted by Gasteiger charge is -2.22. The SMILES string of the molecule is Cc1cc(-c2ccccc2Nc2ccc(N(C)C)cc2)c2c3c1c1ccc4ccccc4c1n3-c1c(oc3ccc(-c4ccccc4)cc13)[B]2. The van der Waals surface area contributed by atoms with Crippen LogP contribution in [0.25, 0.3) is 71.5 Å². The maximum absolute atomic E-state index is 6.78.